The van der Waals surface area contributed by atoms with Crippen molar-refractivity contribution in [1.82, 2.24) is 20.2 Å². The number of rotatable bonds is 5. The first-order valence-electron chi connectivity index (χ1n) is 8.55. The number of benzene rings is 1. The van der Waals surface area contributed by atoms with Crippen LogP contribution in [-0.4, -0.2) is 40.3 Å². The monoisotopic (exact) mass is 354 g/mol. The van der Waals surface area contributed by atoms with Crippen molar-refractivity contribution in [2.45, 2.75) is 26.2 Å². The van der Waals surface area contributed by atoms with Crippen molar-refractivity contribution in [3.63, 3.8) is 0 Å². The number of aryl methyl sites for hydroxylation is 1. The molecule has 7 heteroatoms. The highest BCUT2D eigenvalue weighted by Crippen LogP contribution is 2.29. The number of likely N-dealkylation sites (N-methyl/N-ethyl adjacent to an activating group) is 1. The van der Waals surface area contributed by atoms with Crippen LogP contribution in [0.5, 0.6) is 0 Å². The van der Waals surface area contributed by atoms with Gasteiger partial charge >= 0.3 is 0 Å². The summed E-state index contributed by atoms with van der Waals surface area (Å²) in [6.07, 6.45) is 2.68. The normalized spacial score (nSPS) is 13.5. The van der Waals surface area contributed by atoms with Crippen molar-refractivity contribution in [3.05, 3.63) is 45.9 Å². The van der Waals surface area contributed by atoms with Gasteiger partial charge < -0.3 is 10.6 Å². The van der Waals surface area contributed by atoms with Gasteiger partial charge in [-0.1, -0.05) is 12.1 Å². The zero-order chi connectivity index (χ0) is 17.4. The molecular formula is C18H22N6S. The third kappa shape index (κ3) is 3.17. The summed E-state index contributed by atoms with van der Waals surface area (Å²) in [5.41, 5.74) is 10.6. The van der Waals surface area contributed by atoms with Crippen LogP contribution in [0.2, 0.25) is 0 Å². The van der Waals surface area contributed by atoms with E-state index in [1.807, 2.05) is 6.92 Å². The molecule has 3 N–H and O–H groups in total. The van der Waals surface area contributed by atoms with E-state index in [9.17, 15) is 0 Å². The Labute approximate surface area is 151 Å². The van der Waals surface area contributed by atoms with E-state index in [1.165, 1.54) is 16.8 Å². The van der Waals surface area contributed by atoms with Crippen LogP contribution in [0.25, 0.3) is 10.7 Å². The molecule has 1 aromatic carbocycles. The minimum absolute atomic E-state index is 0.610. The number of thiazole rings is 1. The number of H-pyrrole nitrogens is 1. The van der Waals surface area contributed by atoms with Gasteiger partial charge in [-0.25, -0.2) is 9.97 Å². The van der Waals surface area contributed by atoms with Gasteiger partial charge in [-0.15, -0.1) is 11.3 Å². The van der Waals surface area contributed by atoms with E-state index in [2.05, 4.69) is 50.3 Å². The summed E-state index contributed by atoms with van der Waals surface area (Å²) in [5.74, 6) is 1.61. The number of aromatic nitrogens is 4. The lowest BCUT2D eigenvalue weighted by molar-refractivity contribution is 0.945. The first kappa shape index (κ1) is 16.2. The van der Waals surface area contributed by atoms with E-state index >= 15 is 0 Å². The number of nitrogens with two attached hydrogens (primary N) is 1. The molecule has 1 aliphatic rings. The SMILES string of the molecule is Cc1nc(CCN)sc1-c1n[nH]c(Cc2ccc3c(c2)CCN3C)n1. The van der Waals surface area contributed by atoms with Crippen molar-refractivity contribution >= 4 is 17.0 Å². The Kier molecular flexibility index (Phi) is 4.27. The maximum absolute atomic E-state index is 5.62. The summed E-state index contributed by atoms with van der Waals surface area (Å²) in [6.45, 7) is 3.71. The van der Waals surface area contributed by atoms with Crippen LogP contribution in [0.3, 0.4) is 0 Å². The fourth-order valence-electron chi connectivity index (χ4n) is 3.29. The average Bonchev–Trinajstić information content (AvgIpc) is 3.28. The Morgan fingerprint density at radius 2 is 2.20 bits per heavy atom. The molecule has 2 aromatic heterocycles. The third-order valence-electron chi connectivity index (χ3n) is 4.58. The van der Waals surface area contributed by atoms with Gasteiger partial charge in [0, 0.05) is 32.1 Å². The molecule has 25 heavy (non-hydrogen) atoms. The van der Waals surface area contributed by atoms with Gasteiger partial charge in [0.1, 0.15) is 5.82 Å². The van der Waals surface area contributed by atoms with Gasteiger partial charge in [0.25, 0.3) is 0 Å². The van der Waals surface area contributed by atoms with Crippen molar-refractivity contribution in [2.24, 2.45) is 5.73 Å². The van der Waals surface area contributed by atoms with Crippen molar-refractivity contribution in [1.29, 1.82) is 0 Å². The highest BCUT2D eigenvalue weighted by molar-refractivity contribution is 7.15. The minimum Gasteiger partial charge on any atom is -0.374 e. The lowest BCUT2D eigenvalue weighted by Crippen LogP contribution is -2.12. The van der Waals surface area contributed by atoms with E-state index in [4.69, 9.17) is 5.73 Å². The molecule has 130 valence electrons. The molecular weight excluding hydrogens is 332 g/mol. The van der Waals surface area contributed by atoms with Gasteiger partial charge in [0.05, 0.1) is 15.6 Å². The van der Waals surface area contributed by atoms with Gasteiger partial charge in [0.2, 0.25) is 0 Å². The Balaban J connectivity index is 1.54. The van der Waals surface area contributed by atoms with Crippen LogP contribution in [0.15, 0.2) is 18.2 Å². The summed E-state index contributed by atoms with van der Waals surface area (Å²) in [4.78, 5) is 12.6. The summed E-state index contributed by atoms with van der Waals surface area (Å²) >= 11 is 1.63. The predicted molar refractivity (Wildman–Crippen MR) is 101 cm³/mol. The van der Waals surface area contributed by atoms with Gasteiger partial charge in [0.15, 0.2) is 5.82 Å². The van der Waals surface area contributed by atoms with Gasteiger partial charge in [-0.2, -0.15) is 5.10 Å². The molecule has 0 saturated carbocycles. The number of fused-ring (bicyclic) bond motifs is 1. The largest absolute Gasteiger partial charge is 0.374 e. The number of hydrogen-bond donors (Lipinski definition) is 2. The maximum atomic E-state index is 5.62. The summed E-state index contributed by atoms with van der Waals surface area (Å²) in [7, 11) is 2.14. The minimum atomic E-state index is 0.610. The standard InChI is InChI=1S/C18H22N6S/c1-11-17(25-16(20-11)5-7-19)18-21-15(22-23-18)10-12-3-4-14-13(9-12)6-8-24(14)2/h3-4,9H,5-8,10,19H2,1-2H3,(H,21,22,23). The molecule has 0 atom stereocenters. The van der Waals surface area contributed by atoms with Crippen LogP contribution >= 0.6 is 11.3 Å². The van der Waals surface area contributed by atoms with E-state index in [-0.39, 0.29) is 0 Å². The molecule has 0 saturated heterocycles. The molecule has 0 aliphatic carbocycles. The molecule has 0 fully saturated rings. The lowest BCUT2D eigenvalue weighted by atomic mass is 10.1. The molecule has 3 heterocycles. The van der Waals surface area contributed by atoms with Crippen LogP contribution in [0.4, 0.5) is 5.69 Å². The number of anilines is 1. The van der Waals surface area contributed by atoms with Gasteiger partial charge in [-0.3, -0.25) is 5.10 Å². The number of hydrogen-bond acceptors (Lipinski definition) is 6. The van der Waals surface area contributed by atoms with E-state index in [1.54, 1.807) is 11.3 Å². The lowest BCUT2D eigenvalue weighted by Gasteiger charge is -2.11. The highest BCUT2D eigenvalue weighted by Gasteiger charge is 2.17. The number of nitrogens with zero attached hydrogens (tertiary/aromatic N) is 4. The Morgan fingerprint density at radius 1 is 1.32 bits per heavy atom. The van der Waals surface area contributed by atoms with E-state index in [0.717, 1.165) is 53.0 Å². The molecule has 0 spiro atoms. The smallest absolute Gasteiger partial charge is 0.193 e. The van der Waals surface area contributed by atoms with Crippen LogP contribution < -0.4 is 10.6 Å². The van der Waals surface area contributed by atoms with Crippen molar-refractivity contribution in [3.8, 4) is 10.7 Å². The molecule has 0 unspecified atom stereocenters. The summed E-state index contributed by atoms with van der Waals surface area (Å²) in [6, 6.07) is 6.68. The Bertz CT molecular complexity index is 897. The fraction of sp³-hybridized carbons (Fsp3) is 0.389. The van der Waals surface area contributed by atoms with Crippen molar-refractivity contribution in [2.75, 3.05) is 25.0 Å². The molecule has 0 radical (unpaired) electrons. The second-order valence-electron chi connectivity index (χ2n) is 6.48. The topological polar surface area (TPSA) is 83.7 Å². The number of nitrogens with one attached hydrogen (secondary N) is 1. The van der Waals surface area contributed by atoms with Crippen LogP contribution in [0, 0.1) is 6.92 Å². The Hall–Kier alpha value is -2.25. The first-order valence-corrected chi connectivity index (χ1v) is 9.36. The van der Waals surface area contributed by atoms with Crippen LogP contribution in [0.1, 0.15) is 27.7 Å². The molecule has 4 rings (SSSR count). The molecule has 0 bridgehead atoms. The molecule has 0 amide bonds. The zero-order valence-electron chi connectivity index (χ0n) is 14.5. The maximum Gasteiger partial charge on any atom is 0.193 e. The summed E-state index contributed by atoms with van der Waals surface area (Å²) in [5, 5.41) is 8.52. The molecule has 3 aromatic rings. The fourth-order valence-corrected chi connectivity index (χ4v) is 4.30. The highest BCUT2D eigenvalue weighted by atomic mass is 32.1. The zero-order valence-corrected chi connectivity index (χ0v) is 15.4. The van der Waals surface area contributed by atoms with Gasteiger partial charge in [-0.05, 0) is 37.1 Å². The summed E-state index contributed by atoms with van der Waals surface area (Å²) < 4.78 is 0. The molecule has 6 nitrogen and oxygen atoms in total. The second-order valence-corrected chi connectivity index (χ2v) is 7.56. The van der Waals surface area contributed by atoms with Crippen molar-refractivity contribution < 1.29 is 0 Å². The average molecular weight is 354 g/mol. The van der Waals surface area contributed by atoms with Crippen LogP contribution in [-0.2, 0) is 19.3 Å². The predicted octanol–water partition coefficient (Wildman–Crippen LogP) is 2.32. The van der Waals surface area contributed by atoms with E-state index in [0.29, 0.717) is 6.54 Å². The second kappa shape index (κ2) is 6.57. The number of aromatic amines is 1. The quantitative estimate of drug-likeness (QED) is 0.735. The third-order valence-corrected chi connectivity index (χ3v) is 5.79. The van der Waals surface area contributed by atoms with E-state index < -0.39 is 0 Å². The molecule has 1 aliphatic heterocycles. The first-order chi connectivity index (χ1) is 12.1. The Morgan fingerprint density at radius 3 is 3.04 bits per heavy atom.